The number of anilines is 1. The average molecular weight is 425 g/mol. The molecule has 0 saturated heterocycles. The van der Waals surface area contributed by atoms with Crippen molar-refractivity contribution in [2.75, 3.05) is 12.4 Å². The number of amides is 1. The number of benzene rings is 2. The second kappa shape index (κ2) is 8.51. The molecule has 0 aliphatic rings. The van der Waals surface area contributed by atoms with Crippen LogP contribution < -0.4 is 10.1 Å². The highest BCUT2D eigenvalue weighted by Crippen LogP contribution is 2.32. The first-order valence-electron chi connectivity index (χ1n) is 8.85. The first-order chi connectivity index (χ1) is 14.1. The highest BCUT2D eigenvalue weighted by Gasteiger charge is 2.10. The third-order valence-electron chi connectivity index (χ3n) is 4.19. The zero-order chi connectivity index (χ0) is 20.2. The predicted octanol–water partition coefficient (Wildman–Crippen LogP) is 5.79. The minimum absolute atomic E-state index is 0.281. The van der Waals surface area contributed by atoms with E-state index < -0.39 is 0 Å². The highest BCUT2D eigenvalue weighted by molar-refractivity contribution is 7.15. The Morgan fingerprint density at radius 3 is 2.90 bits per heavy atom. The summed E-state index contributed by atoms with van der Waals surface area (Å²) in [5.41, 5.74) is 1.79. The summed E-state index contributed by atoms with van der Waals surface area (Å²) in [6, 6.07) is 15.4. The van der Waals surface area contributed by atoms with Gasteiger partial charge in [-0.05, 0) is 23.8 Å². The van der Waals surface area contributed by atoms with Crippen molar-refractivity contribution in [3.05, 3.63) is 82.0 Å². The SMILES string of the molecule is COc1cc(Cl)cc2cc(/C=C/C(=O)Nc3ncc(Cc4ccccc4)s3)oc12. The quantitative estimate of drug-likeness (QED) is 0.397. The minimum atomic E-state index is -0.281. The maximum absolute atomic E-state index is 12.2. The van der Waals surface area contributed by atoms with Crippen LogP contribution >= 0.6 is 22.9 Å². The number of fused-ring (bicyclic) bond motifs is 1. The van der Waals surface area contributed by atoms with Gasteiger partial charge in [0, 0.05) is 40.0 Å². The fraction of sp³-hybridized carbons (Fsp3) is 0.0909. The van der Waals surface area contributed by atoms with Gasteiger partial charge in [-0.1, -0.05) is 41.9 Å². The molecule has 0 radical (unpaired) electrons. The number of nitrogens with one attached hydrogen (secondary N) is 1. The van der Waals surface area contributed by atoms with Crippen molar-refractivity contribution in [1.29, 1.82) is 0 Å². The molecule has 0 fully saturated rings. The molecule has 0 atom stereocenters. The molecule has 2 aromatic heterocycles. The van der Waals surface area contributed by atoms with Gasteiger partial charge in [0.15, 0.2) is 16.5 Å². The van der Waals surface area contributed by atoms with Crippen molar-refractivity contribution < 1.29 is 13.9 Å². The lowest BCUT2D eigenvalue weighted by atomic mass is 10.1. The van der Waals surface area contributed by atoms with Crippen molar-refractivity contribution in [1.82, 2.24) is 4.98 Å². The van der Waals surface area contributed by atoms with Crippen molar-refractivity contribution in [2.45, 2.75) is 6.42 Å². The lowest BCUT2D eigenvalue weighted by Crippen LogP contribution is -2.06. The molecule has 1 N–H and O–H groups in total. The van der Waals surface area contributed by atoms with E-state index in [0.29, 0.717) is 27.2 Å². The second-order valence-corrected chi connectivity index (χ2v) is 7.84. The molecule has 4 aromatic rings. The number of hydrogen-bond donors (Lipinski definition) is 1. The third-order valence-corrected chi connectivity index (χ3v) is 5.32. The first-order valence-corrected chi connectivity index (χ1v) is 10.0. The maximum Gasteiger partial charge on any atom is 0.250 e. The number of furan rings is 1. The average Bonchev–Trinajstić information content (AvgIpc) is 3.32. The Hall–Kier alpha value is -3.09. The number of carbonyl (C=O) groups excluding carboxylic acids is 1. The van der Waals surface area contributed by atoms with E-state index in [1.807, 2.05) is 18.2 Å². The van der Waals surface area contributed by atoms with Crippen molar-refractivity contribution in [3.63, 3.8) is 0 Å². The number of ether oxygens (including phenoxy) is 1. The van der Waals surface area contributed by atoms with Gasteiger partial charge >= 0.3 is 0 Å². The lowest BCUT2D eigenvalue weighted by Gasteiger charge is -2.00. The molecule has 0 saturated carbocycles. The minimum Gasteiger partial charge on any atom is -0.493 e. The number of halogens is 1. The number of thiazole rings is 1. The van der Waals surface area contributed by atoms with Crippen molar-refractivity contribution in [3.8, 4) is 5.75 Å². The molecule has 146 valence electrons. The van der Waals surface area contributed by atoms with Gasteiger partial charge in [-0.25, -0.2) is 4.98 Å². The van der Waals surface area contributed by atoms with Crippen LogP contribution in [0, 0.1) is 0 Å². The van der Waals surface area contributed by atoms with Gasteiger partial charge in [-0.3, -0.25) is 10.1 Å². The summed E-state index contributed by atoms with van der Waals surface area (Å²) in [7, 11) is 1.55. The van der Waals surface area contributed by atoms with Crippen LogP contribution in [0.25, 0.3) is 17.0 Å². The van der Waals surface area contributed by atoms with E-state index in [4.69, 9.17) is 20.8 Å². The molecule has 0 unspecified atom stereocenters. The predicted molar refractivity (Wildman–Crippen MR) is 117 cm³/mol. The fourth-order valence-corrected chi connectivity index (χ4v) is 3.95. The van der Waals surface area contributed by atoms with Crippen LogP contribution in [-0.4, -0.2) is 18.0 Å². The largest absolute Gasteiger partial charge is 0.493 e. The highest BCUT2D eigenvalue weighted by atomic mass is 35.5. The lowest BCUT2D eigenvalue weighted by molar-refractivity contribution is -0.111. The van der Waals surface area contributed by atoms with Crippen molar-refractivity contribution in [2.24, 2.45) is 0 Å². The monoisotopic (exact) mass is 424 g/mol. The Bertz CT molecular complexity index is 1180. The van der Waals surface area contributed by atoms with E-state index in [1.165, 1.54) is 23.0 Å². The molecule has 7 heteroatoms. The van der Waals surface area contributed by atoms with Gasteiger partial charge in [0.2, 0.25) is 5.91 Å². The van der Waals surface area contributed by atoms with Gasteiger partial charge in [0.25, 0.3) is 0 Å². The van der Waals surface area contributed by atoms with Gasteiger partial charge in [0.05, 0.1) is 7.11 Å². The van der Waals surface area contributed by atoms with Crippen LogP contribution in [0.1, 0.15) is 16.2 Å². The molecule has 0 bridgehead atoms. The Balaban J connectivity index is 1.42. The molecule has 0 aliphatic carbocycles. The molecule has 0 aliphatic heterocycles. The number of nitrogens with zero attached hydrogens (tertiary/aromatic N) is 1. The first kappa shape index (κ1) is 19.2. The summed E-state index contributed by atoms with van der Waals surface area (Å²) in [6.45, 7) is 0. The second-order valence-electron chi connectivity index (χ2n) is 6.29. The van der Waals surface area contributed by atoms with Crippen LogP contribution in [-0.2, 0) is 11.2 Å². The summed E-state index contributed by atoms with van der Waals surface area (Å²) in [5, 5.41) is 4.70. The van der Waals surface area contributed by atoms with E-state index >= 15 is 0 Å². The molecule has 0 spiro atoms. The summed E-state index contributed by atoms with van der Waals surface area (Å²) < 4.78 is 11.0. The Morgan fingerprint density at radius 1 is 1.28 bits per heavy atom. The van der Waals surface area contributed by atoms with Gasteiger partial charge in [-0.15, -0.1) is 11.3 Å². The number of carbonyl (C=O) groups is 1. The third kappa shape index (κ3) is 4.67. The zero-order valence-corrected chi connectivity index (χ0v) is 17.1. The zero-order valence-electron chi connectivity index (χ0n) is 15.5. The van der Waals surface area contributed by atoms with Crippen LogP contribution in [0.4, 0.5) is 5.13 Å². The summed E-state index contributed by atoms with van der Waals surface area (Å²) >= 11 is 7.53. The topological polar surface area (TPSA) is 64.4 Å². The van der Waals surface area contributed by atoms with Crippen molar-refractivity contribution >= 4 is 51.0 Å². The summed E-state index contributed by atoms with van der Waals surface area (Å²) in [4.78, 5) is 17.6. The molecular formula is C22H17ClN2O3S. The van der Waals surface area contributed by atoms with Gasteiger partial charge < -0.3 is 9.15 Å². The Kier molecular flexibility index (Phi) is 5.64. The molecule has 2 heterocycles. The summed E-state index contributed by atoms with van der Waals surface area (Å²) in [5.74, 6) is 0.793. The summed E-state index contributed by atoms with van der Waals surface area (Å²) in [6.07, 6.45) is 5.57. The Morgan fingerprint density at radius 2 is 2.10 bits per heavy atom. The number of rotatable bonds is 6. The van der Waals surface area contributed by atoms with E-state index in [1.54, 1.807) is 37.6 Å². The van der Waals surface area contributed by atoms with E-state index in [-0.39, 0.29) is 5.91 Å². The molecule has 2 aromatic carbocycles. The number of hydrogen-bond acceptors (Lipinski definition) is 5. The van der Waals surface area contributed by atoms with Crippen LogP contribution in [0.2, 0.25) is 5.02 Å². The molecule has 29 heavy (non-hydrogen) atoms. The van der Waals surface area contributed by atoms with E-state index in [0.717, 1.165) is 16.7 Å². The Labute approximate surface area is 176 Å². The van der Waals surface area contributed by atoms with E-state index in [2.05, 4.69) is 22.4 Å². The van der Waals surface area contributed by atoms with E-state index in [9.17, 15) is 4.79 Å². The molecule has 1 amide bonds. The number of aromatic nitrogens is 1. The normalized spacial score (nSPS) is 11.2. The number of methoxy groups -OCH3 is 1. The molecular weight excluding hydrogens is 408 g/mol. The smallest absolute Gasteiger partial charge is 0.250 e. The maximum atomic E-state index is 12.2. The standard InChI is InChI=1S/C22H17ClN2O3S/c1-27-19-12-16(23)10-15-11-17(28-21(15)19)7-8-20(26)25-22-24-13-18(29-22)9-14-5-3-2-4-6-14/h2-8,10-13H,9H2,1H3,(H,24,25,26)/b8-7+. The van der Waals surface area contributed by atoms with Crippen LogP contribution in [0.5, 0.6) is 5.75 Å². The fourth-order valence-electron chi connectivity index (χ4n) is 2.89. The molecule has 5 nitrogen and oxygen atoms in total. The van der Waals surface area contributed by atoms with Crippen LogP contribution in [0.3, 0.4) is 0 Å². The van der Waals surface area contributed by atoms with Gasteiger partial charge in [-0.2, -0.15) is 0 Å². The molecule has 4 rings (SSSR count). The van der Waals surface area contributed by atoms with Gasteiger partial charge in [0.1, 0.15) is 5.76 Å². The van der Waals surface area contributed by atoms with Crippen LogP contribution in [0.15, 0.2) is 65.2 Å².